The van der Waals surface area contributed by atoms with Gasteiger partial charge in [-0.1, -0.05) is 41.9 Å². The van der Waals surface area contributed by atoms with Gasteiger partial charge in [-0.25, -0.2) is 4.98 Å². The fourth-order valence-corrected chi connectivity index (χ4v) is 4.84. The molecule has 2 aromatic heterocycles. The van der Waals surface area contributed by atoms with Gasteiger partial charge in [0.05, 0.1) is 12.8 Å². The van der Waals surface area contributed by atoms with Gasteiger partial charge in [-0.05, 0) is 54.5 Å². The monoisotopic (exact) mass is 471 g/mol. The highest BCUT2D eigenvalue weighted by atomic mass is 35.5. The molecule has 2 radical (unpaired) electrons. The summed E-state index contributed by atoms with van der Waals surface area (Å²) in [6, 6.07) is 18.1. The Bertz CT molecular complexity index is 1280. The van der Waals surface area contributed by atoms with Crippen molar-refractivity contribution in [2.24, 2.45) is 5.92 Å². The van der Waals surface area contributed by atoms with Crippen LogP contribution in [0.3, 0.4) is 0 Å². The van der Waals surface area contributed by atoms with Crippen LogP contribution in [0.25, 0.3) is 16.9 Å². The third-order valence-electron chi connectivity index (χ3n) is 6.39. The van der Waals surface area contributed by atoms with E-state index >= 15 is 0 Å². The Morgan fingerprint density at radius 2 is 2.00 bits per heavy atom. The number of nitrogens with zero attached hydrogens (tertiary/aromatic N) is 4. The molecule has 0 amide bonds. The summed E-state index contributed by atoms with van der Waals surface area (Å²) in [6.07, 6.45) is 4.02. The topological polar surface area (TPSA) is 54.7 Å². The van der Waals surface area contributed by atoms with Crippen LogP contribution in [-0.4, -0.2) is 54.1 Å². The molecule has 1 aliphatic heterocycles. The second-order valence-corrected chi connectivity index (χ2v) is 9.22. The lowest BCUT2D eigenvalue weighted by atomic mass is 9.97. The molecule has 5 rings (SSSR count). The third-order valence-corrected chi connectivity index (χ3v) is 6.72. The van der Waals surface area contributed by atoms with Gasteiger partial charge in [0.15, 0.2) is 5.65 Å². The Labute approximate surface area is 206 Å². The standard InChI is InChI=1S/C26H27BClN5O/c1-34-20-10-8-18(9-11-20)16-32-12-4-5-19(17-32)14-29-25-13-24(21-6-2-3-7-23(21)28)31-26-22(27)15-30-33(25)26/h2-3,6-11,13,15,19,29H,4-5,12,14,16-17H2,1H3. The Hall–Kier alpha value is -3.03. The number of rotatable bonds is 7. The van der Waals surface area contributed by atoms with E-state index in [9.17, 15) is 0 Å². The fourth-order valence-electron chi connectivity index (χ4n) is 4.61. The Kier molecular flexibility index (Phi) is 6.74. The number of nitrogens with one attached hydrogen (secondary N) is 1. The zero-order valence-corrected chi connectivity index (χ0v) is 20.0. The van der Waals surface area contributed by atoms with Crippen molar-refractivity contribution in [3.8, 4) is 17.0 Å². The first kappa shape index (κ1) is 22.8. The molecular weight excluding hydrogens is 445 g/mol. The van der Waals surface area contributed by atoms with E-state index in [2.05, 4.69) is 27.4 Å². The van der Waals surface area contributed by atoms with Crippen molar-refractivity contribution in [1.29, 1.82) is 0 Å². The minimum absolute atomic E-state index is 0.534. The summed E-state index contributed by atoms with van der Waals surface area (Å²) < 4.78 is 7.05. The lowest BCUT2D eigenvalue weighted by molar-refractivity contribution is 0.173. The largest absolute Gasteiger partial charge is 0.497 e. The molecule has 34 heavy (non-hydrogen) atoms. The smallest absolute Gasteiger partial charge is 0.150 e. The summed E-state index contributed by atoms with van der Waals surface area (Å²) in [4.78, 5) is 7.25. The second-order valence-electron chi connectivity index (χ2n) is 8.81. The van der Waals surface area contributed by atoms with Crippen molar-refractivity contribution in [1.82, 2.24) is 19.5 Å². The van der Waals surface area contributed by atoms with E-state index in [0.717, 1.165) is 49.0 Å². The predicted octanol–water partition coefficient (Wildman–Crippen LogP) is 4.18. The summed E-state index contributed by atoms with van der Waals surface area (Å²) in [5.74, 6) is 2.29. The molecule has 0 aliphatic carbocycles. The number of benzene rings is 2. The van der Waals surface area contributed by atoms with Crippen LogP contribution >= 0.6 is 11.6 Å². The molecule has 6 nitrogen and oxygen atoms in total. The molecule has 1 unspecified atom stereocenters. The van der Waals surface area contributed by atoms with Gasteiger partial charge in [-0.3, -0.25) is 4.90 Å². The molecule has 1 N–H and O–H groups in total. The van der Waals surface area contributed by atoms with E-state index in [0.29, 0.717) is 22.1 Å². The highest BCUT2D eigenvalue weighted by Gasteiger charge is 2.21. The van der Waals surface area contributed by atoms with Crippen LogP contribution in [0.15, 0.2) is 60.8 Å². The molecule has 1 saturated heterocycles. The van der Waals surface area contributed by atoms with Gasteiger partial charge in [-0.15, -0.1) is 0 Å². The molecule has 0 saturated carbocycles. The molecule has 2 aromatic carbocycles. The van der Waals surface area contributed by atoms with Crippen LogP contribution in [0, 0.1) is 5.92 Å². The molecular formula is C26H27BClN5O. The number of anilines is 1. The van der Waals surface area contributed by atoms with Gasteiger partial charge in [0.1, 0.15) is 19.4 Å². The Morgan fingerprint density at radius 3 is 2.79 bits per heavy atom. The molecule has 8 heteroatoms. The van der Waals surface area contributed by atoms with Crippen LogP contribution in [-0.2, 0) is 6.54 Å². The van der Waals surface area contributed by atoms with E-state index in [-0.39, 0.29) is 0 Å². The maximum atomic E-state index is 6.45. The first-order valence-corrected chi connectivity index (χ1v) is 12.0. The van der Waals surface area contributed by atoms with Crippen molar-refractivity contribution >= 4 is 36.4 Å². The summed E-state index contributed by atoms with van der Waals surface area (Å²) >= 11 is 6.45. The molecule has 1 fully saturated rings. The quantitative estimate of drug-likeness (QED) is 0.410. The molecule has 0 spiro atoms. The number of hydrogen-bond donors (Lipinski definition) is 1. The Morgan fingerprint density at radius 1 is 1.18 bits per heavy atom. The van der Waals surface area contributed by atoms with E-state index < -0.39 is 0 Å². The number of halogens is 1. The normalized spacial score (nSPS) is 16.6. The number of aromatic nitrogens is 3. The van der Waals surface area contributed by atoms with E-state index in [1.54, 1.807) is 17.8 Å². The molecule has 3 heterocycles. The summed E-state index contributed by atoms with van der Waals surface area (Å²) in [5.41, 5.74) is 4.13. The average molecular weight is 472 g/mol. The molecule has 4 aromatic rings. The highest BCUT2D eigenvalue weighted by Crippen LogP contribution is 2.28. The van der Waals surface area contributed by atoms with Crippen LogP contribution in [0.5, 0.6) is 5.75 Å². The zero-order valence-electron chi connectivity index (χ0n) is 19.2. The SMILES string of the molecule is [B]c1cnn2c(NCC3CCCN(Cc4ccc(OC)cc4)C3)cc(-c3ccccc3Cl)nc12. The lowest BCUT2D eigenvalue weighted by Gasteiger charge is -2.33. The van der Waals surface area contributed by atoms with Gasteiger partial charge < -0.3 is 10.1 Å². The van der Waals surface area contributed by atoms with E-state index in [4.69, 9.17) is 29.2 Å². The predicted molar refractivity (Wildman–Crippen MR) is 138 cm³/mol. The number of ether oxygens (including phenoxy) is 1. The zero-order chi connectivity index (χ0) is 23.5. The number of methoxy groups -OCH3 is 1. The number of piperidine rings is 1. The maximum absolute atomic E-state index is 6.45. The number of hydrogen-bond acceptors (Lipinski definition) is 5. The third kappa shape index (κ3) is 4.91. The second kappa shape index (κ2) is 10.1. The number of fused-ring (bicyclic) bond motifs is 1. The van der Waals surface area contributed by atoms with Crippen molar-refractivity contribution < 1.29 is 4.74 Å². The molecule has 172 valence electrons. The number of likely N-dealkylation sites (tertiary alicyclic amines) is 1. The van der Waals surface area contributed by atoms with Crippen LogP contribution in [0.1, 0.15) is 18.4 Å². The van der Waals surface area contributed by atoms with E-state index in [1.807, 2.05) is 42.5 Å². The fraction of sp³-hybridized carbons (Fsp3) is 0.308. The van der Waals surface area contributed by atoms with Crippen molar-refractivity contribution in [3.05, 3.63) is 71.4 Å². The van der Waals surface area contributed by atoms with Crippen molar-refractivity contribution in [2.45, 2.75) is 19.4 Å². The van der Waals surface area contributed by atoms with Crippen molar-refractivity contribution in [2.75, 3.05) is 32.1 Å². The van der Waals surface area contributed by atoms with Crippen molar-refractivity contribution in [3.63, 3.8) is 0 Å². The minimum atomic E-state index is 0.534. The first-order chi connectivity index (χ1) is 16.6. The van der Waals surface area contributed by atoms with Crippen LogP contribution in [0.2, 0.25) is 5.02 Å². The molecule has 1 aliphatic rings. The van der Waals surface area contributed by atoms with Crippen LogP contribution in [0.4, 0.5) is 5.82 Å². The van der Waals surface area contributed by atoms with Crippen LogP contribution < -0.4 is 15.5 Å². The van der Waals surface area contributed by atoms with Gasteiger partial charge >= 0.3 is 0 Å². The lowest BCUT2D eigenvalue weighted by Crippen LogP contribution is -2.37. The van der Waals surface area contributed by atoms with Gasteiger partial charge in [-0.2, -0.15) is 9.61 Å². The van der Waals surface area contributed by atoms with E-state index in [1.165, 1.54) is 18.4 Å². The average Bonchev–Trinajstić information content (AvgIpc) is 3.24. The van der Waals surface area contributed by atoms with Gasteiger partial charge in [0.25, 0.3) is 0 Å². The maximum Gasteiger partial charge on any atom is 0.150 e. The minimum Gasteiger partial charge on any atom is -0.497 e. The highest BCUT2D eigenvalue weighted by molar-refractivity contribution is 6.36. The molecule has 1 atom stereocenters. The Balaban J connectivity index is 1.30. The summed E-state index contributed by atoms with van der Waals surface area (Å²) in [7, 11) is 7.85. The molecule has 0 bridgehead atoms. The van der Waals surface area contributed by atoms with Gasteiger partial charge in [0.2, 0.25) is 0 Å². The first-order valence-electron chi connectivity index (χ1n) is 11.6. The summed E-state index contributed by atoms with van der Waals surface area (Å²) in [6.45, 7) is 3.96. The van der Waals surface area contributed by atoms with Gasteiger partial charge in [0, 0.05) is 42.5 Å². The summed E-state index contributed by atoms with van der Waals surface area (Å²) in [5, 5.41) is 8.71.